The molecule has 0 heterocycles. The van der Waals surface area contributed by atoms with Gasteiger partial charge in [0.1, 0.15) is 0 Å². The van der Waals surface area contributed by atoms with E-state index in [1.54, 1.807) is 0 Å². The monoisotopic (exact) mass is 298 g/mol. The molecule has 0 saturated carbocycles. The standard InChI is InChI=1S/C15H30O2Si2/c1-10-12-15(17-19(7,8)9)13(3)14(11-2)16-18(4,5)6/h1,11,13-15H,2,12H2,3-9H3/t13-,14-,15+/m0/s1. The molecule has 0 fully saturated rings. The van der Waals surface area contributed by atoms with Crippen LogP contribution in [0.1, 0.15) is 13.3 Å². The van der Waals surface area contributed by atoms with E-state index in [1.807, 2.05) is 6.08 Å². The van der Waals surface area contributed by atoms with Gasteiger partial charge in [-0.2, -0.15) is 0 Å². The Morgan fingerprint density at radius 1 is 1.11 bits per heavy atom. The molecule has 19 heavy (non-hydrogen) atoms. The number of terminal acetylenes is 1. The molecule has 0 aliphatic rings. The molecule has 0 unspecified atom stereocenters. The molecule has 0 rings (SSSR count). The molecule has 0 spiro atoms. The Hall–Kier alpha value is -0.346. The molecule has 110 valence electrons. The average Bonchev–Trinajstić information content (AvgIpc) is 2.21. The third-order valence-corrected chi connectivity index (χ3v) is 4.64. The molecular formula is C15H30O2Si2. The molecule has 0 aromatic heterocycles. The summed E-state index contributed by atoms with van der Waals surface area (Å²) in [5.41, 5.74) is 0. The maximum Gasteiger partial charge on any atom is 0.184 e. The SMILES string of the molecule is C#CC[C@@H](O[Si](C)(C)C)[C@@H](C)[C@H](C=C)O[Si](C)(C)C. The van der Waals surface area contributed by atoms with Crippen LogP contribution in [0.4, 0.5) is 0 Å². The lowest BCUT2D eigenvalue weighted by Gasteiger charge is -2.35. The van der Waals surface area contributed by atoms with Crippen molar-refractivity contribution in [2.24, 2.45) is 5.92 Å². The van der Waals surface area contributed by atoms with Crippen molar-refractivity contribution in [3.8, 4) is 12.3 Å². The van der Waals surface area contributed by atoms with Crippen LogP contribution in [0.2, 0.25) is 39.3 Å². The zero-order chi connectivity index (χ0) is 15.3. The summed E-state index contributed by atoms with van der Waals surface area (Å²) in [6, 6.07) is 0. The van der Waals surface area contributed by atoms with Crippen molar-refractivity contribution in [3.05, 3.63) is 12.7 Å². The highest BCUT2D eigenvalue weighted by Gasteiger charge is 2.31. The summed E-state index contributed by atoms with van der Waals surface area (Å²) in [5.74, 6) is 2.96. The molecule has 0 aromatic rings. The second kappa shape index (κ2) is 7.44. The molecule has 0 N–H and O–H groups in total. The van der Waals surface area contributed by atoms with Gasteiger partial charge in [-0.05, 0) is 39.3 Å². The first kappa shape index (κ1) is 18.7. The Kier molecular flexibility index (Phi) is 7.30. The lowest BCUT2D eigenvalue weighted by molar-refractivity contribution is 0.0684. The van der Waals surface area contributed by atoms with Crippen LogP contribution in [-0.2, 0) is 8.85 Å². The number of rotatable bonds is 8. The van der Waals surface area contributed by atoms with Crippen molar-refractivity contribution in [1.82, 2.24) is 0 Å². The molecule has 0 radical (unpaired) electrons. The Bertz CT molecular complexity index is 321. The Labute approximate surface area is 121 Å². The van der Waals surface area contributed by atoms with E-state index in [0.29, 0.717) is 6.42 Å². The first-order valence-electron chi connectivity index (χ1n) is 6.92. The zero-order valence-electron chi connectivity index (χ0n) is 13.6. The number of hydrogen-bond acceptors (Lipinski definition) is 2. The zero-order valence-corrected chi connectivity index (χ0v) is 15.6. The van der Waals surface area contributed by atoms with Crippen molar-refractivity contribution >= 4 is 16.6 Å². The van der Waals surface area contributed by atoms with E-state index in [4.69, 9.17) is 15.3 Å². The minimum atomic E-state index is -1.61. The Morgan fingerprint density at radius 3 is 1.89 bits per heavy atom. The molecule has 0 saturated heterocycles. The molecule has 4 heteroatoms. The van der Waals surface area contributed by atoms with Gasteiger partial charge in [0.15, 0.2) is 16.6 Å². The highest BCUT2D eigenvalue weighted by atomic mass is 28.4. The fraction of sp³-hybridized carbons (Fsp3) is 0.733. The van der Waals surface area contributed by atoms with E-state index in [1.165, 1.54) is 0 Å². The van der Waals surface area contributed by atoms with E-state index in [-0.39, 0.29) is 18.1 Å². The van der Waals surface area contributed by atoms with Gasteiger partial charge in [-0.25, -0.2) is 0 Å². The highest BCUT2D eigenvalue weighted by Crippen LogP contribution is 2.24. The van der Waals surface area contributed by atoms with Crippen LogP contribution in [0.5, 0.6) is 0 Å². The van der Waals surface area contributed by atoms with Gasteiger partial charge in [-0.1, -0.05) is 13.0 Å². The Balaban J connectivity index is 4.90. The predicted molar refractivity (Wildman–Crippen MR) is 89.2 cm³/mol. The average molecular weight is 299 g/mol. The van der Waals surface area contributed by atoms with Crippen LogP contribution in [0.3, 0.4) is 0 Å². The maximum atomic E-state index is 6.22. The number of hydrogen-bond donors (Lipinski definition) is 0. The van der Waals surface area contributed by atoms with Crippen LogP contribution in [0.15, 0.2) is 12.7 Å². The predicted octanol–water partition coefficient (Wildman–Crippen LogP) is 4.27. The summed E-state index contributed by atoms with van der Waals surface area (Å²) in [7, 11) is -3.21. The lowest BCUT2D eigenvalue weighted by Crippen LogP contribution is -2.42. The molecule has 0 aliphatic carbocycles. The van der Waals surface area contributed by atoms with E-state index >= 15 is 0 Å². The first-order valence-corrected chi connectivity index (χ1v) is 13.7. The van der Waals surface area contributed by atoms with Crippen molar-refractivity contribution in [3.63, 3.8) is 0 Å². The minimum Gasteiger partial charge on any atom is -0.413 e. The molecule has 0 aromatic carbocycles. The van der Waals surface area contributed by atoms with Gasteiger partial charge in [0, 0.05) is 12.3 Å². The van der Waals surface area contributed by atoms with E-state index in [2.05, 4.69) is 58.7 Å². The third-order valence-electron chi connectivity index (χ3n) is 2.65. The maximum absolute atomic E-state index is 6.22. The fourth-order valence-electron chi connectivity index (χ4n) is 1.90. The highest BCUT2D eigenvalue weighted by molar-refractivity contribution is 6.70. The quantitative estimate of drug-likeness (QED) is 0.378. The van der Waals surface area contributed by atoms with Crippen molar-refractivity contribution in [2.45, 2.75) is 64.8 Å². The van der Waals surface area contributed by atoms with Gasteiger partial charge >= 0.3 is 0 Å². The van der Waals surface area contributed by atoms with Gasteiger partial charge in [0.2, 0.25) is 0 Å². The summed E-state index contributed by atoms with van der Waals surface area (Å²) in [4.78, 5) is 0. The molecule has 0 bridgehead atoms. The summed E-state index contributed by atoms with van der Waals surface area (Å²) >= 11 is 0. The van der Waals surface area contributed by atoms with Crippen molar-refractivity contribution in [2.75, 3.05) is 0 Å². The molecular weight excluding hydrogens is 268 g/mol. The van der Waals surface area contributed by atoms with E-state index in [0.717, 1.165) is 0 Å². The first-order chi connectivity index (χ1) is 8.50. The van der Waals surface area contributed by atoms with Crippen LogP contribution < -0.4 is 0 Å². The van der Waals surface area contributed by atoms with Gasteiger partial charge in [-0.15, -0.1) is 18.9 Å². The largest absolute Gasteiger partial charge is 0.413 e. The second-order valence-corrected chi connectivity index (χ2v) is 15.9. The van der Waals surface area contributed by atoms with Crippen molar-refractivity contribution in [1.29, 1.82) is 0 Å². The van der Waals surface area contributed by atoms with Crippen LogP contribution >= 0.6 is 0 Å². The van der Waals surface area contributed by atoms with Crippen molar-refractivity contribution < 1.29 is 8.85 Å². The summed E-state index contributed by atoms with van der Waals surface area (Å²) in [5, 5.41) is 0. The van der Waals surface area contributed by atoms with E-state index < -0.39 is 16.6 Å². The van der Waals surface area contributed by atoms with Gasteiger partial charge in [-0.3, -0.25) is 0 Å². The normalized spacial score (nSPS) is 17.4. The van der Waals surface area contributed by atoms with Crippen LogP contribution in [-0.4, -0.2) is 28.8 Å². The summed E-state index contributed by atoms with van der Waals surface area (Å²) in [6.07, 6.45) is 8.07. The smallest absolute Gasteiger partial charge is 0.184 e. The van der Waals surface area contributed by atoms with Gasteiger partial charge < -0.3 is 8.85 Å². The summed E-state index contributed by atoms with van der Waals surface area (Å²) in [6.45, 7) is 19.2. The Morgan fingerprint density at radius 2 is 1.58 bits per heavy atom. The van der Waals surface area contributed by atoms with Gasteiger partial charge in [0.25, 0.3) is 0 Å². The molecule has 0 amide bonds. The van der Waals surface area contributed by atoms with Crippen LogP contribution in [0.25, 0.3) is 0 Å². The fourth-order valence-corrected chi connectivity index (χ4v) is 4.23. The summed E-state index contributed by atoms with van der Waals surface area (Å²) < 4.78 is 12.4. The lowest BCUT2D eigenvalue weighted by atomic mass is 9.96. The molecule has 2 nitrogen and oxygen atoms in total. The van der Waals surface area contributed by atoms with Gasteiger partial charge in [0.05, 0.1) is 12.2 Å². The second-order valence-electron chi connectivity index (χ2n) is 6.97. The third kappa shape index (κ3) is 8.43. The molecule has 0 aliphatic heterocycles. The van der Waals surface area contributed by atoms with Crippen LogP contribution in [0, 0.1) is 18.3 Å². The molecule has 3 atom stereocenters. The van der Waals surface area contributed by atoms with E-state index in [9.17, 15) is 0 Å². The topological polar surface area (TPSA) is 18.5 Å². The minimum absolute atomic E-state index is 0.0152.